The zero-order chi connectivity index (χ0) is 12.1. The fourth-order valence-corrected chi connectivity index (χ4v) is 1.32. The Hall–Kier alpha value is -1.16. The van der Waals surface area contributed by atoms with Crippen molar-refractivity contribution in [1.29, 1.82) is 0 Å². The minimum Gasteiger partial charge on any atom is -0.391 e. The van der Waals surface area contributed by atoms with Gasteiger partial charge in [0, 0.05) is 17.9 Å². The van der Waals surface area contributed by atoms with Gasteiger partial charge in [0.25, 0.3) is 0 Å². The number of aromatic nitrogens is 2. The summed E-state index contributed by atoms with van der Waals surface area (Å²) in [5.41, 5.74) is 1.98. The fourth-order valence-electron chi connectivity index (χ4n) is 1.32. The number of aryl methyl sites for hydroxylation is 1. The predicted octanol–water partition coefficient (Wildman–Crippen LogP) is 2.09. The van der Waals surface area contributed by atoms with Crippen molar-refractivity contribution in [1.82, 2.24) is 9.97 Å². The SMILES string of the molecule is CCC(O)CNc1nc(C)cc(C(C)C)n1. The van der Waals surface area contributed by atoms with E-state index in [1.807, 2.05) is 19.9 Å². The van der Waals surface area contributed by atoms with Crippen LogP contribution in [0.2, 0.25) is 0 Å². The first kappa shape index (κ1) is 12.9. The first-order chi connectivity index (χ1) is 7.52. The number of aliphatic hydroxyl groups is 1. The molecule has 1 aromatic rings. The Morgan fingerprint density at radius 1 is 1.38 bits per heavy atom. The molecule has 0 fully saturated rings. The summed E-state index contributed by atoms with van der Waals surface area (Å²) < 4.78 is 0. The van der Waals surface area contributed by atoms with E-state index in [1.165, 1.54) is 0 Å². The van der Waals surface area contributed by atoms with Crippen LogP contribution in [0.1, 0.15) is 44.5 Å². The molecule has 1 aromatic heterocycles. The highest BCUT2D eigenvalue weighted by Crippen LogP contribution is 2.14. The zero-order valence-corrected chi connectivity index (χ0v) is 10.5. The average Bonchev–Trinajstić information content (AvgIpc) is 2.25. The number of hydrogen-bond donors (Lipinski definition) is 2. The van der Waals surface area contributed by atoms with Crippen LogP contribution >= 0.6 is 0 Å². The number of nitrogens with zero attached hydrogens (tertiary/aromatic N) is 2. The zero-order valence-electron chi connectivity index (χ0n) is 10.5. The molecule has 0 aromatic carbocycles. The van der Waals surface area contributed by atoms with Crippen LogP contribution < -0.4 is 5.32 Å². The lowest BCUT2D eigenvalue weighted by Crippen LogP contribution is -2.20. The lowest BCUT2D eigenvalue weighted by atomic mass is 10.1. The number of aliphatic hydroxyl groups excluding tert-OH is 1. The van der Waals surface area contributed by atoms with Crippen LogP contribution in [-0.4, -0.2) is 27.7 Å². The molecule has 0 bridgehead atoms. The largest absolute Gasteiger partial charge is 0.391 e. The van der Waals surface area contributed by atoms with Gasteiger partial charge >= 0.3 is 0 Å². The van der Waals surface area contributed by atoms with Crippen LogP contribution in [0.3, 0.4) is 0 Å². The molecule has 0 aliphatic heterocycles. The summed E-state index contributed by atoms with van der Waals surface area (Å²) in [5, 5.41) is 12.5. The van der Waals surface area contributed by atoms with Gasteiger partial charge in [-0.15, -0.1) is 0 Å². The average molecular weight is 223 g/mol. The summed E-state index contributed by atoms with van der Waals surface area (Å²) >= 11 is 0. The molecular weight excluding hydrogens is 202 g/mol. The molecule has 1 unspecified atom stereocenters. The number of nitrogens with one attached hydrogen (secondary N) is 1. The highest BCUT2D eigenvalue weighted by Gasteiger charge is 2.06. The molecule has 0 aliphatic rings. The maximum Gasteiger partial charge on any atom is 0.223 e. The molecule has 0 spiro atoms. The van der Waals surface area contributed by atoms with Crippen LogP contribution in [0.15, 0.2) is 6.07 Å². The molecular formula is C12H21N3O. The summed E-state index contributed by atoms with van der Waals surface area (Å²) in [4.78, 5) is 8.70. The summed E-state index contributed by atoms with van der Waals surface area (Å²) in [7, 11) is 0. The van der Waals surface area contributed by atoms with E-state index in [0.717, 1.165) is 17.8 Å². The van der Waals surface area contributed by atoms with Crippen molar-refractivity contribution in [3.63, 3.8) is 0 Å². The maximum absolute atomic E-state index is 9.45. The van der Waals surface area contributed by atoms with Gasteiger partial charge in [-0.2, -0.15) is 0 Å². The smallest absolute Gasteiger partial charge is 0.223 e. The van der Waals surface area contributed by atoms with E-state index in [-0.39, 0.29) is 6.10 Å². The molecule has 4 nitrogen and oxygen atoms in total. The van der Waals surface area contributed by atoms with Gasteiger partial charge in [-0.05, 0) is 25.3 Å². The van der Waals surface area contributed by atoms with Gasteiger partial charge in [0.05, 0.1) is 6.10 Å². The predicted molar refractivity (Wildman–Crippen MR) is 65.6 cm³/mol. The maximum atomic E-state index is 9.45. The molecule has 1 atom stereocenters. The van der Waals surface area contributed by atoms with Crippen LogP contribution in [0.25, 0.3) is 0 Å². The second-order valence-corrected chi connectivity index (χ2v) is 4.36. The van der Waals surface area contributed by atoms with Gasteiger partial charge in [0.15, 0.2) is 0 Å². The van der Waals surface area contributed by atoms with Crippen LogP contribution in [0, 0.1) is 6.92 Å². The fraction of sp³-hybridized carbons (Fsp3) is 0.667. The molecule has 4 heteroatoms. The van der Waals surface area contributed by atoms with Gasteiger partial charge in [-0.25, -0.2) is 9.97 Å². The minimum atomic E-state index is -0.341. The third-order valence-electron chi connectivity index (χ3n) is 2.43. The van der Waals surface area contributed by atoms with E-state index < -0.39 is 0 Å². The van der Waals surface area contributed by atoms with Crippen molar-refractivity contribution in [2.45, 2.75) is 46.1 Å². The highest BCUT2D eigenvalue weighted by atomic mass is 16.3. The summed E-state index contributed by atoms with van der Waals surface area (Å²) in [6.07, 6.45) is 0.391. The third kappa shape index (κ3) is 3.77. The molecule has 16 heavy (non-hydrogen) atoms. The molecule has 1 heterocycles. The molecule has 2 N–H and O–H groups in total. The third-order valence-corrected chi connectivity index (χ3v) is 2.43. The van der Waals surface area contributed by atoms with E-state index in [4.69, 9.17) is 0 Å². The monoisotopic (exact) mass is 223 g/mol. The van der Waals surface area contributed by atoms with E-state index >= 15 is 0 Å². The number of anilines is 1. The Balaban J connectivity index is 2.72. The van der Waals surface area contributed by atoms with E-state index in [1.54, 1.807) is 0 Å². The van der Waals surface area contributed by atoms with Gasteiger partial charge in [0.2, 0.25) is 5.95 Å². The van der Waals surface area contributed by atoms with E-state index in [9.17, 15) is 5.11 Å². The lowest BCUT2D eigenvalue weighted by Gasteiger charge is -2.12. The molecule has 0 saturated carbocycles. The standard InChI is InChI=1S/C12H21N3O/c1-5-10(16)7-13-12-14-9(4)6-11(15-12)8(2)3/h6,8,10,16H,5,7H2,1-4H3,(H,13,14,15). The first-order valence-electron chi connectivity index (χ1n) is 5.80. The van der Waals surface area contributed by atoms with Crippen molar-refractivity contribution >= 4 is 5.95 Å². The topological polar surface area (TPSA) is 58.0 Å². The molecule has 0 amide bonds. The first-order valence-corrected chi connectivity index (χ1v) is 5.80. The van der Waals surface area contributed by atoms with E-state index in [2.05, 4.69) is 29.1 Å². The van der Waals surface area contributed by atoms with Crippen LogP contribution in [0.5, 0.6) is 0 Å². The quantitative estimate of drug-likeness (QED) is 0.802. The lowest BCUT2D eigenvalue weighted by molar-refractivity contribution is 0.183. The summed E-state index contributed by atoms with van der Waals surface area (Å²) in [5.74, 6) is 0.995. The highest BCUT2D eigenvalue weighted by molar-refractivity contribution is 5.29. The molecule has 90 valence electrons. The van der Waals surface area contributed by atoms with Gasteiger partial charge < -0.3 is 10.4 Å². The normalized spacial score (nSPS) is 12.9. The number of rotatable bonds is 5. The Kier molecular flexibility index (Phi) is 4.68. The van der Waals surface area contributed by atoms with Crippen molar-refractivity contribution in [2.24, 2.45) is 0 Å². The molecule has 0 radical (unpaired) electrons. The molecule has 0 aliphatic carbocycles. The number of hydrogen-bond acceptors (Lipinski definition) is 4. The van der Waals surface area contributed by atoms with Gasteiger partial charge in [0.1, 0.15) is 0 Å². The van der Waals surface area contributed by atoms with Crippen LogP contribution in [-0.2, 0) is 0 Å². The molecule has 1 rings (SSSR count). The Bertz CT molecular complexity index is 339. The second-order valence-electron chi connectivity index (χ2n) is 4.36. The Morgan fingerprint density at radius 2 is 2.06 bits per heavy atom. The van der Waals surface area contributed by atoms with Gasteiger partial charge in [-0.3, -0.25) is 0 Å². The van der Waals surface area contributed by atoms with Crippen molar-refractivity contribution in [2.75, 3.05) is 11.9 Å². The van der Waals surface area contributed by atoms with Gasteiger partial charge in [-0.1, -0.05) is 20.8 Å². The summed E-state index contributed by atoms with van der Waals surface area (Å²) in [6, 6.07) is 1.99. The Morgan fingerprint density at radius 3 is 2.62 bits per heavy atom. The van der Waals surface area contributed by atoms with Crippen molar-refractivity contribution in [3.05, 3.63) is 17.5 Å². The minimum absolute atomic E-state index is 0.341. The van der Waals surface area contributed by atoms with Crippen LogP contribution in [0.4, 0.5) is 5.95 Å². The Labute approximate surface area is 97.1 Å². The second kappa shape index (κ2) is 5.80. The summed E-state index contributed by atoms with van der Waals surface area (Å²) in [6.45, 7) is 8.61. The molecule has 0 saturated heterocycles. The van der Waals surface area contributed by atoms with Crippen molar-refractivity contribution < 1.29 is 5.11 Å². The van der Waals surface area contributed by atoms with E-state index in [0.29, 0.717) is 18.4 Å². The van der Waals surface area contributed by atoms with Crippen molar-refractivity contribution in [3.8, 4) is 0 Å².